The van der Waals surface area contributed by atoms with E-state index < -0.39 is 0 Å². The van der Waals surface area contributed by atoms with Crippen LogP contribution >= 0.6 is 0 Å². The van der Waals surface area contributed by atoms with Crippen molar-refractivity contribution in [3.63, 3.8) is 0 Å². The number of carbonyl (C=O) groups excluding carboxylic acids is 1. The van der Waals surface area contributed by atoms with Crippen LogP contribution in [-0.2, 0) is 37.5 Å². The second-order valence-electron chi connectivity index (χ2n) is 2.04. The Bertz CT molecular complexity index is 71.5. The van der Waals surface area contributed by atoms with E-state index >= 15 is 0 Å². The molecule has 0 bridgehead atoms. The number of nitrogens with one attached hydrogen (secondary N) is 1. The molecular formula is C7H17N2OY-. The Morgan fingerprint density at radius 1 is 1.45 bits per heavy atom. The van der Waals surface area contributed by atoms with Crippen molar-refractivity contribution in [1.29, 1.82) is 0 Å². The fourth-order valence-electron chi connectivity index (χ4n) is 0.229. The molecule has 0 aliphatic heterocycles. The zero-order valence-corrected chi connectivity index (χ0v) is 10.5. The third-order valence-corrected chi connectivity index (χ3v) is 0.644. The summed E-state index contributed by atoms with van der Waals surface area (Å²) in [6.45, 7) is 5.07. The van der Waals surface area contributed by atoms with Gasteiger partial charge in [0, 0.05) is 46.3 Å². The molecule has 1 N–H and O–H groups in total. The average Bonchev–Trinajstić information content (AvgIpc) is 1.90. The minimum atomic E-state index is 0. The predicted octanol–water partition coefficient (Wildman–Crippen LogP) is 1.54. The molecule has 0 aromatic heterocycles. The van der Waals surface area contributed by atoms with Crippen molar-refractivity contribution >= 4 is 6.41 Å². The van der Waals surface area contributed by atoms with E-state index in [1.54, 1.807) is 7.05 Å². The SMILES string of the molecule is CCC.CN(C=O)CC[NH-].[Y]. The van der Waals surface area contributed by atoms with Crippen molar-refractivity contribution in [2.24, 2.45) is 0 Å². The molecule has 0 saturated heterocycles. The molecule has 1 radical (unpaired) electrons. The molecule has 0 atom stereocenters. The maximum absolute atomic E-state index is 9.74. The standard InChI is InChI=1S/C4H9N2O.C3H8.Y/c1-6(4-7)3-2-5;1-3-2;/h4-5H,2-3H2,1H3;3H2,1-2H3;/q-1;;. The quantitative estimate of drug-likeness (QED) is 0.683. The molecule has 0 fully saturated rings. The number of carbonyl (C=O) groups is 1. The Hall–Kier alpha value is 0.534. The molecule has 4 heteroatoms. The van der Waals surface area contributed by atoms with Gasteiger partial charge in [0.25, 0.3) is 0 Å². The zero-order valence-electron chi connectivity index (χ0n) is 7.63. The van der Waals surface area contributed by atoms with Crippen LogP contribution in [0.5, 0.6) is 0 Å². The van der Waals surface area contributed by atoms with Crippen molar-refractivity contribution < 1.29 is 37.5 Å². The molecule has 65 valence electrons. The van der Waals surface area contributed by atoms with Gasteiger partial charge in [-0.3, -0.25) is 4.79 Å². The maximum atomic E-state index is 9.74. The summed E-state index contributed by atoms with van der Waals surface area (Å²) < 4.78 is 0. The van der Waals surface area contributed by atoms with E-state index in [2.05, 4.69) is 13.8 Å². The maximum Gasteiger partial charge on any atom is 0.209 e. The van der Waals surface area contributed by atoms with Gasteiger partial charge in [-0.1, -0.05) is 20.3 Å². The average molecular weight is 234 g/mol. The monoisotopic (exact) mass is 234 g/mol. The summed E-state index contributed by atoms with van der Waals surface area (Å²) in [4.78, 5) is 11.2. The van der Waals surface area contributed by atoms with E-state index in [0.29, 0.717) is 13.0 Å². The zero-order chi connectivity index (χ0) is 8.41. The first-order valence-electron chi connectivity index (χ1n) is 3.53. The molecule has 0 unspecified atom stereocenters. The molecule has 0 aromatic carbocycles. The molecular weight excluding hydrogens is 217 g/mol. The Balaban J connectivity index is -0.000000140. The van der Waals surface area contributed by atoms with E-state index in [-0.39, 0.29) is 39.3 Å². The number of hydrogen-bond donors (Lipinski definition) is 0. The first kappa shape index (κ1) is 17.6. The van der Waals surface area contributed by atoms with Gasteiger partial charge < -0.3 is 10.6 Å². The van der Waals surface area contributed by atoms with Crippen LogP contribution in [0.25, 0.3) is 5.73 Å². The van der Waals surface area contributed by atoms with Crippen LogP contribution in [0.15, 0.2) is 0 Å². The van der Waals surface area contributed by atoms with Gasteiger partial charge >= 0.3 is 0 Å². The van der Waals surface area contributed by atoms with Gasteiger partial charge in [-0.15, -0.1) is 6.54 Å². The number of rotatable bonds is 3. The molecule has 0 rings (SSSR count). The summed E-state index contributed by atoms with van der Waals surface area (Å²) in [6.07, 6.45) is 1.97. The molecule has 3 nitrogen and oxygen atoms in total. The van der Waals surface area contributed by atoms with Crippen molar-refractivity contribution in [3.05, 3.63) is 5.73 Å². The number of likely N-dealkylation sites (N-methyl/N-ethyl adjacent to an activating group) is 1. The smallest absolute Gasteiger partial charge is 0.209 e. The molecule has 0 saturated carbocycles. The van der Waals surface area contributed by atoms with Crippen LogP contribution in [0.1, 0.15) is 20.3 Å². The third kappa shape index (κ3) is 25.1. The summed E-state index contributed by atoms with van der Waals surface area (Å²) in [6, 6.07) is 0. The number of amides is 1. The molecule has 0 aliphatic carbocycles. The number of hydrogen-bond acceptors (Lipinski definition) is 1. The van der Waals surface area contributed by atoms with Crippen LogP contribution in [-0.4, -0.2) is 31.4 Å². The van der Waals surface area contributed by atoms with Gasteiger partial charge in [-0.2, -0.15) is 0 Å². The minimum Gasteiger partial charge on any atom is -0.676 e. The van der Waals surface area contributed by atoms with Crippen molar-refractivity contribution in [2.45, 2.75) is 20.3 Å². The van der Waals surface area contributed by atoms with Crippen molar-refractivity contribution in [1.82, 2.24) is 4.90 Å². The van der Waals surface area contributed by atoms with Gasteiger partial charge in [-0.05, 0) is 0 Å². The summed E-state index contributed by atoms with van der Waals surface area (Å²) in [5.74, 6) is 0. The topological polar surface area (TPSA) is 44.1 Å². The van der Waals surface area contributed by atoms with E-state index in [1.807, 2.05) is 0 Å². The molecule has 0 heterocycles. The van der Waals surface area contributed by atoms with E-state index in [1.165, 1.54) is 11.3 Å². The largest absolute Gasteiger partial charge is 0.676 e. The Kier molecular flexibility index (Phi) is 26.9. The first-order chi connectivity index (χ1) is 4.72. The van der Waals surface area contributed by atoms with Gasteiger partial charge in [0.05, 0.1) is 0 Å². The van der Waals surface area contributed by atoms with Gasteiger partial charge in [0.2, 0.25) is 6.41 Å². The van der Waals surface area contributed by atoms with Crippen molar-refractivity contribution in [3.8, 4) is 0 Å². The van der Waals surface area contributed by atoms with E-state index in [9.17, 15) is 4.79 Å². The van der Waals surface area contributed by atoms with E-state index in [0.717, 1.165) is 0 Å². The summed E-state index contributed by atoms with van der Waals surface area (Å²) in [5.41, 5.74) is 6.64. The van der Waals surface area contributed by atoms with Gasteiger partial charge in [-0.25, -0.2) is 0 Å². The molecule has 1 amide bonds. The van der Waals surface area contributed by atoms with Crippen LogP contribution in [0.2, 0.25) is 0 Å². The van der Waals surface area contributed by atoms with Crippen LogP contribution in [0.3, 0.4) is 0 Å². The Morgan fingerprint density at radius 3 is 1.91 bits per heavy atom. The van der Waals surface area contributed by atoms with Gasteiger partial charge in [0.1, 0.15) is 0 Å². The fourth-order valence-corrected chi connectivity index (χ4v) is 0.229. The fraction of sp³-hybridized carbons (Fsp3) is 0.857. The first-order valence-corrected chi connectivity index (χ1v) is 3.53. The Labute approximate surface area is 94.6 Å². The third-order valence-electron chi connectivity index (χ3n) is 0.644. The molecule has 0 aliphatic rings. The number of nitrogens with zero attached hydrogens (tertiary/aromatic N) is 1. The predicted molar refractivity (Wildman–Crippen MR) is 43.8 cm³/mol. The van der Waals surface area contributed by atoms with Crippen LogP contribution < -0.4 is 0 Å². The van der Waals surface area contributed by atoms with Crippen molar-refractivity contribution in [2.75, 3.05) is 20.1 Å². The van der Waals surface area contributed by atoms with Gasteiger partial charge in [0.15, 0.2) is 0 Å². The summed E-state index contributed by atoms with van der Waals surface area (Å²) in [7, 11) is 1.65. The molecule has 0 spiro atoms. The second-order valence-corrected chi connectivity index (χ2v) is 2.04. The Morgan fingerprint density at radius 2 is 1.82 bits per heavy atom. The summed E-state index contributed by atoms with van der Waals surface area (Å²) >= 11 is 0. The second kappa shape index (κ2) is 16.9. The molecule has 0 aromatic rings. The van der Waals surface area contributed by atoms with Crippen LogP contribution in [0.4, 0.5) is 0 Å². The normalized spacial score (nSPS) is 6.91. The minimum absolute atomic E-state index is 0. The summed E-state index contributed by atoms with van der Waals surface area (Å²) in [5, 5.41) is 0. The van der Waals surface area contributed by atoms with E-state index in [4.69, 9.17) is 5.73 Å². The van der Waals surface area contributed by atoms with Crippen LogP contribution in [0, 0.1) is 0 Å². The molecule has 11 heavy (non-hydrogen) atoms.